The highest BCUT2D eigenvalue weighted by Crippen LogP contribution is 2.13. The molecule has 0 heterocycles. The van der Waals surface area contributed by atoms with Crippen LogP contribution in [0.3, 0.4) is 0 Å². The van der Waals surface area contributed by atoms with Gasteiger partial charge in [-0.15, -0.1) is 12.4 Å². The van der Waals surface area contributed by atoms with Crippen molar-refractivity contribution in [2.45, 2.75) is 39.8 Å². The molecule has 1 nitrogen and oxygen atoms in total. The number of hydrogen-bond acceptors (Lipinski definition) is 1. The molecular formula is C13H22ClN. The lowest BCUT2D eigenvalue weighted by Crippen LogP contribution is -2.32. The van der Waals surface area contributed by atoms with Gasteiger partial charge in [0.25, 0.3) is 0 Å². The molecule has 0 aliphatic rings. The van der Waals surface area contributed by atoms with E-state index in [4.69, 9.17) is 0 Å². The molecule has 1 aromatic rings. The van der Waals surface area contributed by atoms with Crippen molar-refractivity contribution in [3.05, 3.63) is 35.9 Å². The van der Waals surface area contributed by atoms with Crippen molar-refractivity contribution < 1.29 is 0 Å². The first-order valence-corrected chi connectivity index (χ1v) is 5.42. The normalized spacial score (nSPS) is 14.5. The molecular weight excluding hydrogens is 206 g/mol. The minimum atomic E-state index is 0. The van der Waals surface area contributed by atoms with E-state index in [0.29, 0.717) is 18.0 Å². The molecule has 86 valence electrons. The second-order valence-corrected chi connectivity index (χ2v) is 4.33. The average molecular weight is 228 g/mol. The zero-order chi connectivity index (χ0) is 10.6. The Morgan fingerprint density at radius 2 is 1.47 bits per heavy atom. The predicted octanol–water partition coefficient (Wildman–Crippen LogP) is 3.80. The van der Waals surface area contributed by atoms with Gasteiger partial charge in [0.1, 0.15) is 0 Å². The summed E-state index contributed by atoms with van der Waals surface area (Å²) in [5.41, 5.74) is 1.36. The summed E-state index contributed by atoms with van der Waals surface area (Å²) in [6, 6.07) is 11.6. The van der Waals surface area contributed by atoms with E-state index in [0.717, 1.165) is 0 Å². The number of hydrogen-bond donors (Lipinski definition) is 1. The smallest absolute Gasteiger partial charge is 0.0294 e. The Hall–Kier alpha value is -0.530. The summed E-state index contributed by atoms with van der Waals surface area (Å²) in [4.78, 5) is 0. The van der Waals surface area contributed by atoms with Crippen LogP contribution >= 0.6 is 12.4 Å². The Kier molecular flexibility index (Phi) is 6.62. The summed E-state index contributed by atoms with van der Waals surface area (Å²) in [6.07, 6.45) is 0. The van der Waals surface area contributed by atoms with Crippen LogP contribution in [0.5, 0.6) is 0 Å². The van der Waals surface area contributed by atoms with Crippen molar-refractivity contribution in [3.63, 3.8) is 0 Å². The third-order valence-electron chi connectivity index (χ3n) is 2.81. The van der Waals surface area contributed by atoms with Crippen LogP contribution in [0, 0.1) is 5.92 Å². The Labute approximate surface area is 99.7 Å². The molecule has 0 radical (unpaired) electrons. The van der Waals surface area contributed by atoms with Gasteiger partial charge in [-0.2, -0.15) is 0 Å². The van der Waals surface area contributed by atoms with Gasteiger partial charge in [0.05, 0.1) is 0 Å². The Bertz CT molecular complexity index is 258. The van der Waals surface area contributed by atoms with Crippen molar-refractivity contribution in [1.29, 1.82) is 0 Å². The molecule has 1 rings (SSSR count). The van der Waals surface area contributed by atoms with Crippen LogP contribution in [-0.2, 0) is 0 Å². The largest absolute Gasteiger partial charge is 0.307 e. The number of rotatable bonds is 4. The second-order valence-electron chi connectivity index (χ2n) is 4.33. The van der Waals surface area contributed by atoms with E-state index in [-0.39, 0.29) is 12.4 Å². The maximum absolute atomic E-state index is 3.60. The molecule has 0 bridgehead atoms. The van der Waals surface area contributed by atoms with E-state index in [9.17, 15) is 0 Å². The van der Waals surface area contributed by atoms with Gasteiger partial charge in [0, 0.05) is 12.1 Å². The van der Waals surface area contributed by atoms with E-state index in [1.54, 1.807) is 0 Å². The average Bonchev–Trinajstić information content (AvgIpc) is 2.19. The maximum atomic E-state index is 3.60. The fourth-order valence-electron chi connectivity index (χ4n) is 1.42. The van der Waals surface area contributed by atoms with Gasteiger partial charge in [-0.1, -0.05) is 44.2 Å². The van der Waals surface area contributed by atoms with Crippen molar-refractivity contribution in [2.75, 3.05) is 0 Å². The second kappa shape index (κ2) is 6.86. The zero-order valence-electron chi connectivity index (χ0n) is 10.0. The van der Waals surface area contributed by atoms with E-state index in [1.165, 1.54) is 5.56 Å². The summed E-state index contributed by atoms with van der Waals surface area (Å²) in [6.45, 7) is 8.95. The highest BCUT2D eigenvalue weighted by Gasteiger charge is 2.11. The molecule has 1 unspecified atom stereocenters. The summed E-state index contributed by atoms with van der Waals surface area (Å²) in [5, 5.41) is 3.60. The van der Waals surface area contributed by atoms with Crippen LogP contribution in [-0.4, -0.2) is 6.04 Å². The van der Waals surface area contributed by atoms with Crippen LogP contribution in [0.15, 0.2) is 30.3 Å². The lowest BCUT2D eigenvalue weighted by Gasteiger charge is -2.23. The monoisotopic (exact) mass is 227 g/mol. The van der Waals surface area contributed by atoms with Gasteiger partial charge in [-0.25, -0.2) is 0 Å². The fourth-order valence-corrected chi connectivity index (χ4v) is 1.42. The highest BCUT2D eigenvalue weighted by atomic mass is 35.5. The molecule has 1 N–H and O–H groups in total. The Balaban J connectivity index is 0.00000196. The third-order valence-corrected chi connectivity index (χ3v) is 2.81. The van der Waals surface area contributed by atoms with Gasteiger partial charge in [0.2, 0.25) is 0 Å². The SMILES string of the molecule is CC(C)C(C)N[C@@H](C)c1ccccc1.Cl. The summed E-state index contributed by atoms with van der Waals surface area (Å²) in [7, 11) is 0. The van der Waals surface area contributed by atoms with E-state index >= 15 is 0 Å². The van der Waals surface area contributed by atoms with E-state index < -0.39 is 0 Å². The van der Waals surface area contributed by atoms with Gasteiger partial charge >= 0.3 is 0 Å². The molecule has 0 saturated heterocycles. The highest BCUT2D eigenvalue weighted by molar-refractivity contribution is 5.85. The molecule has 0 fully saturated rings. The van der Waals surface area contributed by atoms with E-state index in [2.05, 4.69) is 63.3 Å². The van der Waals surface area contributed by atoms with Crippen molar-refractivity contribution in [2.24, 2.45) is 5.92 Å². The molecule has 0 aromatic heterocycles. The molecule has 15 heavy (non-hydrogen) atoms. The first kappa shape index (κ1) is 14.5. The summed E-state index contributed by atoms with van der Waals surface area (Å²) < 4.78 is 0. The van der Waals surface area contributed by atoms with Gasteiger partial charge < -0.3 is 5.32 Å². The minimum absolute atomic E-state index is 0. The van der Waals surface area contributed by atoms with Crippen LogP contribution in [0.2, 0.25) is 0 Å². The Morgan fingerprint density at radius 3 is 1.93 bits per heavy atom. The van der Waals surface area contributed by atoms with E-state index in [1.807, 2.05) is 0 Å². The van der Waals surface area contributed by atoms with Gasteiger partial charge in [-0.3, -0.25) is 0 Å². The molecule has 2 heteroatoms. The van der Waals surface area contributed by atoms with Crippen molar-refractivity contribution in [3.8, 4) is 0 Å². The standard InChI is InChI=1S/C13H21N.ClH/c1-10(2)11(3)14-12(4)13-8-6-5-7-9-13;/h5-12,14H,1-4H3;1H/t11?,12-;/m0./s1. The van der Waals surface area contributed by atoms with Crippen LogP contribution in [0.25, 0.3) is 0 Å². The maximum Gasteiger partial charge on any atom is 0.0294 e. The summed E-state index contributed by atoms with van der Waals surface area (Å²) in [5.74, 6) is 0.682. The lowest BCUT2D eigenvalue weighted by molar-refractivity contribution is 0.389. The summed E-state index contributed by atoms with van der Waals surface area (Å²) >= 11 is 0. The molecule has 1 aromatic carbocycles. The third kappa shape index (κ3) is 4.67. The minimum Gasteiger partial charge on any atom is -0.307 e. The van der Waals surface area contributed by atoms with Crippen LogP contribution in [0.1, 0.15) is 39.3 Å². The number of nitrogens with one attached hydrogen (secondary N) is 1. The molecule has 0 aliphatic heterocycles. The molecule has 0 spiro atoms. The topological polar surface area (TPSA) is 12.0 Å². The molecule has 0 amide bonds. The number of halogens is 1. The molecule has 2 atom stereocenters. The number of benzene rings is 1. The van der Waals surface area contributed by atoms with Crippen LogP contribution < -0.4 is 5.32 Å². The first-order chi connectivity index (χ1) is 6.61. The van der Waals surface area contributed by atoms with Crippen LogP contribution in [0.4, 0.5) is 0 Å². The molecule has 0 saturated carbocycles. The predicted molar refractivity (Wildman–Crippen MR) is 69.5 cm³/mol. The van der Waals surface area contributed by atoms with Crippen molar-refractivity contribution in [1.82, 2.24) is 5.32 Å². The Morgan fingerprint density at radius 1 is 0.933 bits per heavy atom. The zero-order valence-corrected chi connectivity index (χ0v) is 10.8. The van der Waals surface area contributed by atoms with Crippen molar-refractivity contribution >= 4 is 12.4 Å². The van der Waals surface area contributed by atoms with Gasteiger partial charge in [0.15, 0.2) is 0 Å². The first-order valence-electron chi connectivity index (χ1n) is 5.42. The lowest BCUT2D eigenvalue weighted by atomic mass is 10.0. The quantitative estimate of drug-likeness (QED) is 0.825. The fraction of sp³-hybridized carbons (Fsp3) is 0.538. The van der Waals surface area contributed by atoms with Gasteiger partial charge in [-0.05, 0) is 25.3 Å². The molecule has 0 aliphatic carbocycles.